The molecule has 1 aromatic carbocycles. The number of amides is 1. The van der Waals surface area contributed by atoms with E-state index in [1.165, 1.54) is 0 Å². The molecule has 0 aliphatic rings. The van der Waals surface area contributed by atoms with Gasteiger partial charge in [0.15, 0.2) is 5.69 Å². The molecule has 1 heterocycles. The Morgan fingerprint density at radius 3 is 2.71 bits per heavy atom. The molecule has 2 N–H and O–H groups in total. The minimum Gasteiger partial charge on any atom is -0.392 e. The van der Waals surface area contributed by atoms with Crippen LogP contribution >= 0.6 is 23.2 Å². The van der Waals surface area contributed by atoms with E-state index in [4.69, 9.17) is 23.2 Å². The number of aliphatic hydroxyl groups is 1. The molecule has 1 amide bonds. The molecule has 112 valence electrons. The Morgan fingerprint density at radius 1 is 1.38 bits per heavy atom. The Balaban J connectivity index is 2.26. The van der Waals surface area contributed by atoms with E-state index in [-0.39, 0.29) is 18.1 Å². The van der Waals surface area contributed by atoms with Crippen molar-refractivity contribution in [3.63, 3.8) is 0 Å². The summed E-state index contributed by atoms with van der Waals surface area (Å²) in [6.45, 7) is 3.61. The number of rotatable bonds is 4. The molecule has 0 bridgehead atoms. The van der Waals surface area contributed by atoms with Crippen LogP contribution in [0.25, 0.3) is 5.69 Å². The molecule has 2 aromatic rings. The zero-order valence-corrected chi connectivity index (χ0v) is 13.1. The second kappa shape index (κ2) is 6.47. The van der Waals surface area contributed by atoms with Crippen molar-refractivity contribution < 1.29 is 9.90 Å². The standard InChI is InChI=1S/C14H15Cl2N3O2/c1-8-5-13(14(21)17-7-9(2)20)18-19(8)10-3-4-11(15)12(16)6-10/h3-6,9,20H,7H2,1-2H3,(H,17,21). The molecule has 0 aliphatic carbocycles. The van der Waals surface area contributed by atoms with Gasteiger partial charge in [-0.2, -0.15) is 5.10 Å². The van der Waals surface area contributed by atoms with Crippen LogP contribution in [0.3, 0.4) is 0 Å². The molecule has 21 heavy (non-hydrogen) atoms. The van der Waals surface area contributed by atoms with E-state index in [2.05, 4.69) is 10.4 Å². The molecule has 0 saturated carbocycles. The molecular weight excluding hydrogens is 313 g/mol. The predicted octanol–water partition coefficient (Wildman–Crippen LogP) is 2.60. The van der Waals surface area contributed by atoms with Gasteiger partial charge in [0.25, 0.3) is 5.91 Å². The molecule has 0 saturated heterocycles. The van der Waals surface area contributed by atoms with Crippen molar-refractivity contribution in [3.05, 3.63) is 45.7 Å². The zero-order valence-electron chi connectivity index (χ0n) is 11.6. The lowest BCUT2D eigenvalue weighted by Crippen LogP contribution is -2.30. The van der Waals surface area contributed by atoms with Gasteiger partial charge in [-0.3, -0.25) is 4.79 Å². The van der Waals surface area contributed by atoms with Gasteiger partial charge in [-0.1, -0.05) is 23.2 Å². The van der Waals surface area contributed by atoms with Crippen LogP contribution in [0.4, 0.5) is 0 Å². The molecule has 2 rings (SSSR count). The SMILES string of the molecule is Cc1cc(C(=O)NCC(C)O)nn1-c1ccc(Cl)c(Cl)c1. The van der Waals surface area contributed by atoms with Gasteiger partial charge in [-0.15, -0.1) is 0 Å². The predicted molar refractivity (Wildman–Crippen MR) is 82.3 cm³/mol. The van der Waals surface area contributed by atoms with Crippen molar-refractivity contribution in [2.75, 3.05) is 6.54 Å². The number of aryl methyl sites for hydroxylation is 1. The zero-order chi connectivity index (χ0) is 15.6. The fourth-order valence-electron chi connectivity index (χ4n) is 1.79. The Morgan fingerprint density at radius 2 is 2.10 bits per heavy atom. The van der Waals surface area contributed by atoms with E-state index in [0.29, 0.717) is 10.0 Å². The highest BCUT2D eigenvalue weighted by Crippen LogP contribution is 2.25. The number of aromatic nitrogens is 2. The highest BCUT2D eigenvalue weighted by Gasteiger charge is 2.14. The van der Waals surface area contributed by atoms with E-state index in [0.717, 1.165) is 11.4 Å². The van der Waals surface area contributed by atoms with Gasteiger partial charge in [0.05, 0.1) is 21.8 Å². The summed E-state index contributed by atoms with van der Waals surface area (Å²) in [5, 5.41) is 16.9. The van der Waals surface area contributed by atoms with Crippen molar-refractivity contribution in [3.8, 4) is 5.69 Å². The number of hydrogen-bond donors (Lipinski definition) is 2. The van der Waals surface area contributed by atoms with Crippen LogP contribution in [-0.2, 0) is 0 Å². The van der Waals surface area contributed by atoms with Gasteiger partial charge in [-0.25, -0.2) is 4.68 Å². The van der Waals surface area contributed by atoms with Gasteiger partial charge in [0.1, 0.15) is 0 Å². The summed E-state index contributed by atoms with van der Waals surface area (Å²) in [5.74, 6) is -0.335. The maximum Gasteiger partial charge on any atom is 0.271 e. The summed E-state index contributed by atoms with van der Waals surface area (Å²) in [5.41, 5.74) is 1.78. The molecule has 1 atom stereocenters. The van der Waals surface area contributed by atoms with Gasteiger partial charge in [0, 0.05) is 12.2 Å². The van der Waals surface area contributed by atoms with E-state index >= 15 is 0 Å². The van der Waals surface area contributed by atoms with Crippen molar-refractivity contribution in [2.24, 2.45) is 0 Å². The van der Waals surface area contributed by atoms with Crippen LogP contribution in [-0.4, -0.2) is 33.4 Å². The van der Waals surface area contributed by atoms with Crippen LogP contribution in [0.5, 0.6) is 0 Å². The maximum absolute atomic E-state index is 11.9. The normalized spacial score (nSPS) is 12.2. The average Bonchev–Trinajstić information content (AvgIpc) is 2.81. The third kappa shape index (κ3) is 3.75. The summed E-state index contributed by atoms with van der Waals surface area (Å²) in [6, 6.07) is 6.79. The Bertz CT molecular complexity index is 668. The highest BCUT2D eigenvalue weighted by molar-refractivity contribution is 6.42. The Labute approximate surface area is 132 Å². The molecule has 0 aliphatic heterocycles. The number of nitrogens with zero attached hydrogens (tertiary/aromatic N) is 2. The Kier molecular flexibility index (Phi) is 4.88. The van der Waals surface area contributed by atoms with Gasteiger partial charge >= 0.3 is 0 Å². The summed E-state index contributed by atoms with van der Waals surface area (Å²) >= 11 is 11.9. The molecule has 1 unspecified atom stereocenters. The van der Waals surface area contributed by atoms with Crippen LogP contribution < -0.4 is 5.32 Å². The van der Waals surface area contributed by atoms with E-state index in [9.17, 15) is 9.90 Å². The third-order valence-corrected chi connectivity index (χ3v) is 3.56. The molecule has 7 heteroatoms. The summed E-state index contributed by atoms with van der Waals surface area (Å²) in [4.78, 5) is 11.9. The highest BCUT2D eigenvalue weighted by atomic mass is 35.5. The van der Waals surface area contributed by atoms with Crippen molar-refractivity contribution in [2.45, 2.75) is 20.0 Å². The minimum atomic E-state index is -0.604. The van der Waals surface area contributed by atoms with E-state index < -0.39 is 6.10 Å². The first-order valence-corrected chi connectivity index (χ1v) is 7.12. The average molecular weight is 328 g/mol. The molecule has 0 radical (unpaired) electrons. The first-order valence-electron chi connectivity index (χ1n) is 6.37. The summed E-state index contributed by atoms with van der Waals surface area (Å²) in [6.07, 6.45) is -0.604. The number of hydrogen-bond acceptors (Lipinski definition) is 3. The second-order valence-corrected chi connectivity index (χ2v) is 5.55. The van der Waals surface area contributed by atoms with Gasteiger partial charge in [0.2, 0.25) is 0 Å². The molecule has 5 nitrogen and oxygen atoms in total. The van der Waals surface area contributed by atoms with Crippen molar-refractivity contribution in [1.82, 2.24) is 15.1 Å². The molecule has 0 spiro atoms. The smallest absolute Gasteiger partial charge is 0.271 e. The minimum absolute atomic E-state index is 0.178. The first-order chi connectivity index (χ1) is 9.88. The van der Waals surface area contributed by atoms with Gasteiger partial charge in [-0.05, 0) is 38.1 Å². The molecular formula is C14H15Cl2N3O2. The fourth-order valence-corrected chi connectivity index (χ4v) is 2.09. The number of carbonyl (C=O) groups is 1. The lowest BCUT2D eigenvalue weighted by Gasteiger charge is -2.06. The molecule has 1 aromatic heterocycles. The van der Waals surface area contributed by atoms with E-state index in [1.807, 2.05) is 6.92 Å². The quantitative estimate of drug-likeness (QED) is 0.907. The van der Waals surface area contributed by atoms with Crippen LogP contribution in [0.15, 0.2) is 24.3 Å². The Hall–Kier alpha value is -1.56. The second-order valence-electron chi connectivity index (χ2n) is 4.74. The number of halogens is 2. The lowest BCUT2D eigenvalue weighted by molar-refractivity contribution is 0.0918. The van der Waals surface area contributed by atoms with Crippen LogP contribution in [0, 0.1) is 6.92 Å². The number of nitrogens with one attached hydrogen (secondary N) is 1. The monoisotopic (exact) mass is 327 g/mol. The van der Waals surface area contributed by atoms with Crippen molar-refractivity contribution in [1.29, 1.82) is 0 Å². The first kappa shape index (κ1) is 15.8. The van der Waals surface area contributed by atoms with E-state index in [1.54, 1.807) is 35.9 Å². The fraction of sp³-hybridized carbons (Fsp3) is 0.286. The third-order valence-electron chi connectivity index (χ3n) is 2.83. The van der Waals surface area contributed by atoms with Crippen LogP contribution in [0.1, 0.15) is 23.1 Å². The topological polar surface area (TPSA) is 67.2 Å². The lowest BCUT2D eigenvalue weighted by atomic mass is 10.3. The number of benzene rings is 1. The molecule has 0 fully saturated rings. The van der Waals surface area contributed by atoms with Gasteiger partial charge < -0.3 is 10.4 Å². The number of aliphatic hydroxyl groups excluding tert-OH is 1. The van der Waals surface area contributed by atoms with Crippen molar-refractivity contribution >= 4 is 29.1 Å². The van der Waals surface area contributed by atoms with Crippen LogP contribution in [0.2, 0.25) is 10.0 Å². The maximum atomic E-state index is 11.9. The summed E-state index contributed by atoms with van der Waals surface area (Å²) in [7, 11) is 0. The largest absolute Gasteiger partial charge is 0.392 e. The summed E-state index contributed by atoms with van der Waals surface area (Å²) < 4.78 is 1.61. The number of carbonyl (C=O) groups excluding carboxylic acids is 1.